The molecule has 2 rings (SSSR count). The zero-order valence-electron chi connectivity index (χ0n) is 15.6. The van der Waals surface area contributed by atoms with Gasteiger partial charge in [0.15, 0.2) is 5.82 Å². The van der Waals surface area contributed by atoms with Gasteiger partial charge in [0, 0.05) is 26.8 Å². The Morgan fingerprint density at radius 3 is 2.37 bits per heavy atom. The first-order valence-electron chi connectivity index (χ1n) is 8.14. The molecule has 0 radical (unpaired) electrons. The van der Waals surface area contributed by atoms with Crippen molar-refractivity contribution in [3.8, 4) is 0 Å². The molecule has 2 aromatic heterocycles. The van der Waals surface area contributed by atoms with Crippen molar-refractivity contribution in [1.82, 2.24) is 29.3 Å². The predicted octanol–water partition coefficient (Wildman–Crippen LogP) is -0.00440. The van der Waals surface area contributed by atoms with Crippen LogP contribution in [0.5, 0.6) is 0 Å². The van der Waals surface area contributed by atoms with Crippen molar-refractivity contribution in [3.63, 3.8) is 0 Å². The molecule has 146 valence electrons. The van der Waals surface area contributed by atoms with Crippen LogP contribution in [-0.2, 0) is 14.1 Å². The first kappa shape index (κ1) is 20.0. The molecule has 12 heteroatoms. The molecule has 0 aromatic carbocycles. The Morgan fingerprint density at radius 1 is 1.15 bits per heavy atom. The van der Waals surface area contributed by atoms with E-state index in [-0.39, 0.29) is 23.4 Å². The number of aromatic nitrogens is 4. The van der Waals surface area contributed by atoms with E-state index in [0.717, 1.165) is 19.2 Å². The molecule has 0 saturated heterocycles. The quantitative estimate of drug-likeness (QED) is 0.374. The SMILES string of the molecule is CN(C)CCCNC(=O)c1nc(NC(=O)c2nc([N+](=O)[O-])cn2C)cn1C. The van der Waals surface area contributed by atoms with Crippen LogP contribution >= 0.6 is 0 Å². The summed E-state index contributed by atoms with van der Waals surface area (Å²) in [5, 5.41) is 16.0. The lowest BCUT2D eigenvalue weighted by molar-refractivity contribution is -0.389. The van der Waals surface area contributed by atoms with Crippen LogP contribution in [0.15, 0.2) is 12.4 Å². The highest BCUT2D eigenvalue weighted by molar-refractivity contribution is 6.02. The molecular formula is C15H22N8O4. The van der Waals surface area contributed by atoms with Crippen molar-refractivity contribution in [1.29, 1.82) is 0 Å². The van der Waals surface area contributed by atoms with E-state index < -0.39 is 16.6 Å². The van der Waals surface area contributed by atoms with Gasteiger partial charge in [-0.2, -0.15) is 0 Å². The number of nitrogens with one attached hydrogen (secondary N) is 2. The Balaban J connectivity index is 2.02. The van der Waals surface area contributed by atoms with Crippen LogP contribution in [0, 0.1) is 10.1 Å². The van der Waals surface area contributed by atoms with E-state index in [4.69, 9.17) is 0 Å². The van der Waals surface area contributed by atoms with Crippen LogP contribution in [0.25, 0.3) is 0 Å². The Kier molecular flexibility index (Phi) is 6.23. The van der Waals surface area contributed by atoms with E-state index in [9.17, 15) is 19.7 Å². The lowest BCUT2D eigenvalue weighted by atomic mass is 10.4. The summed E-state index contributed by atoms with van der Waals surface area (Å²) in [6.45, 7) is 1.35. The maximum atomic E-state index is 12.3. The number of rotatable bonds is 8. The third-order valence-electron chi connectivity index (χ3n) is 3.64. The molecule has 27 heavy (non-hydrogen) atoms. The van der Waals surface area contributed by atoms with Crippen molar-refractivity contribution in [2.45, 2.75) is 6.42 Å². The fourth-order valence-corrected chi connectivity index (χ4v) is 2.34. The Labute approximate surface area is 155 Å². The van der Waals surface area contributed by atoms with Crippen molar-refractivity contribution >= 4 is 23.5 Å². The average Bonchev–Trinajstić information content (AvgIpc) is 3.14. The number of hydrogen-bond acceptors (Lipinski definition) is 7. The molecule has 2 aromatic rings. The van der Waals surface area contributed by atoms with Gasteiger partial charge in [0.1, 0.15) is 6.20 Å². The fraction of sp³-hybridized carbons (Fsp3) is 0.467. The summed E-state index contributed by atoms with van der Waals surface area (Å²) in [7, 11) is 7.00. The summed E-state index contributed by atoms with van der Waals surface area (Å²) in [5.41, 5.74) is 0. The maximum Gasteiger partial charge on any atom is 0.382 e. The molecule has 0 aliphatic rings. The molecule has 0 fully saturated rings. The number of hydrogen-bond donors (Lipinski definition) is 2. The highest BCUT2D eigenvalue weighted by atomic mass is 16.6. The Morgan fingerprint density at radius 2 is 1.78 bits per heavy atom. The third-order valence-corrected chi connectivity index (χ3v) is 3.64. The van der Waals surface area contributed by atoms with Crippen LogP contribution in [-0.4, -0.2) is 67.9 Å². The number of nitro groups is 1. The van der Waals surface area contributed by atoms with Gasteiger partial charge in [-0.05, 0) is 37.0 Å². The molecule has 0 saturated carbocycles. The Bertz CT molecular complexity index is 854. The second kappa shape index (κ2) is 8.40. The summed E-state index contributed by atoms with van der Waals surface area (Å²) >= 11 is 0. The van der Waals surface area contributed by atoms with Crippen molar-refractivity contribution in [2.75, 3.05) is 32.5 Å². The minimum atomic E-state index is -0.684. The van der Waals surface area contributed by atoms with E-state index in [0.29, 0.717) is 6.54 Å². The summed E-state index contributed by atoms with van der Waals surface area (Å²) in [6, 6.07) is 0. The number of aryl methyl sites for hydroxylation is 2. The largest absolute Gasteiger partial charge is 0.382 e. The number of carbonyl (C=O) groups is 2. The monoisotopic (exact) mass is 378 g/mol. The highest BCUT2D eigenvalue weighted by Gasteiger charge is 2.24. The van der Waals surface area contributed by atoms with Gasteiger partial charge in [-0.1, -0.05) is 0 Å². The maximum absolute atomic E-state index is 12.3. The first-order valence-corrected chi connectivity index (χ1v) is 8.14. The predicted molar refractivity (Wildman–Crippen MR) is 96.5 cm³/mol. The van der Waals surface area contributed by atoms with Crippen molar-refractivity contribution < 1.29 is 14.5 Å². The molecule has 2 heterocycles. The minimum Gasteiger partial charge on any atom is -0.358 e. The van der Waals surface area contributed by atoms with Crippen LogP contribution < -0.4 is 10.6 Å². The zero-order chi connectivity index (χ0) is 20.1. The van der Waals surface area contributed by atoms with Gasteiger partial charge in [-0.3, -0.25) is 9.59 Å². The summed E-state index contributed by atoms with van der Waals surface area (Å²) in [4.78, 5) is 44.3. The lowest BCUT2D eigenvalue weighted by Gasteiger charge is -2.09. The van der Waals surface area contributed by atoms with Gasteiger partial charge in [-0.15, -0.1) is 0 Å². The van der Waals surface area contributed by atoms with E-state index >= 15 is 0 Å². The first-order chi connectivity index (χ1) is 12.7. The lowest BCUT2D eigenvalue weighted by Crippen LogP contribution is -2.29. The molecule has 12 nitrogen and oxygen atoms in total. The van der Waals surface area contributed by atoms with Crippen molar-refractivity contribution in [2.24, 2.45) is 14.1 Å². The number of carbonyl (C=O) groups excluding carboxylic acids is 2. The fourth-order valence-electron chi connectivity index (χ4n) is 2.34. The van der Waals surface area contributed by atoms with Gasteiger partial charge < -0.3 is 34.8 Å². The van der Waals surface area contributed by atoms with E-state index in [1.54, 1.807) is 7.05 Å². The zero-order valence-corrected chi connectivity index (χ0v) is 15.6. The smallest absolute Gasteiger partial charge is 0.358 e. The molecule has 0 bridgehead atoms. The molecule has 2 N–H and O–H groups in total. The minimum absolute atomic E-state index is 0.137. The van der Waals surface area contributed by atoms with E-state index in [2.05, 4.69) is 20.6 Å². The molecule has 0 aliphatic heterocycles. The summed E-state index contributed by atoms with van der Waals surface area (Å²) < 4.78 is 2.73. The molecule has 0 unspecified atom stereocenters. The van der Waals surface area contributed by atoms with E-state index in [1.807, 2.05) is 19.0 Å². The van der Waals surface area contributed by atoms with Crippen LogP contribution in [0.1, 0.15) is 27.7 Å². The van der Waals surface area contributed by atoms with Crippen LogP contribution in [0.3, 0.4) is 0 Å². The second-order valence-electron chi connectivity index (χ2n) is 6.22. The number of amides is 2. The number of imidazole rings is 2. The molecule has 0 spiro atoms. The standard InChI is InChI=1S/C15H22N8O4/c1-20(2)7-5-6-16-14(24)12-17-10(8-21(12)3)18-15(25)13-19-11(23(26)27)9-22(13)4/h8-9H,5-7H2,1-4H3,(H,16,24)(H,18,25). The van der Waals surface area contributed by atoms with Crippen LogP contribution in [0.4, 0.5) is 11.6 Å². The Hall–Kier alpha value is -3.28. The van der Waals surface area contributed by atoms with Gasteiger partial charge in [-0.25, -0.2) is 4.98 Å². The average molecular weight is 378 g/mol. The van der Waals surface area contributed by atoms with E-state index in [1.165, 1.54) is 22.4 Å². The van der Waals surface area contributed by atoms with Gasteiger partial charge in [0.2, 0.25) is 5.82 Å². The second-order valence-corrected chi connectivity index (χ2v) is 6.22. The van der Waals surface area contributed by atoms with Gasteiger partial charge in [0.05, 0.1) is 0 Å². The van der Waals surface area contributed by atoms with Crippen LogP contribution in [0.2, 0.25) is 0 Å². The third kappa shape index (κ3) is 5.10. The summed E-state index contributed by atoms with van der Waals surface area (Å²) in [5.74, 6) is -1.30. The molecule has 0 atom stereocenters. The topological polar surface area (TPSA) is 140 Å². The molecule has 0 aliphatic carbocycles. The normalized spacial score (nSPS) is 10.9. The molecular weight excluding hydrogens is 356 g/mol. The molecule has 2 amide bonds. The van der Waals surface area contributed by atoms with Gasteiger partial charge in [0.25, 0.3) is 5.91 Å². The number of anilines is 1. The van der Waals surface area contributed by atoms with Crippen molar-refractivity contribution in [3.05, 3.63) is 34.2 Å². The van der Waals surface area contributed by atoms with Gasteiger partial charge >= 0.3 is 17.5 Å². The highest BCUT2D eigenvalue weighted by Crippen LogP contribution is 2.12. The number of nitrogens with zero attached hydrogens (tertiary/aromatic N) is 6. The summed E-state index contributed by atoms with van der Waals surface area (Å²) in [6.07, 6.45) is 3.41.